The van der Waals surface area contributed by atoms with E-state index in [9.17, 15) is 9.59 Å². The molecule has 1 atom stereocenters. The Bertz CT molecular complexity index is 772. The molecule has 260 valence electrons. The summed E-state index contributed by atoms with van der Waals surface area (Å²) in [5, 5.41) is 14.7. The van der Waals surface area contributed by atoms with E-state index in [-0.39, 0.29) is 25.0 Å². The lowest BCUT2D eigenvalue weighted by Crippen LogP contribution is -2.42. The Morgan fingerprint density at radius 2 is 0.978 bits per heavy atom. The van der Waals surface area contributed by atoms with Gasteiger partial charge in [0.1, 0.15) is 0 Å². The molecule has 0 aliphatic heterocycles. The molecule has 2 amide bonds. The summed E-state index contributed by atoms with van der Waals surface area (Å²) in [4.78, 5) is 23.1. The summed E-state index contributed by atoms with van der Waals surface area (Å²) in [6, 6.07) is -0.0639. The Labute approximate surface area is 278 Å². The van der Waals surface area contributed by atoms with E-state index in [1.54, 1.807) is 0 Å². The minimum Gasteiger partial charge on any atom is -0.481 e. The first kappa shape index (κ1) is 42.7. The fourth-order valence-electron chi connectivity index (χ4n) is 5.41. The summed E-state index contributed by atoms with van der Waals surface area (Å²) in [6.07, 6.45) is 48.7. The van der Waals surface area contributed by atoms with Crippen molar-refractivity contribution < 1.29 is 14.7 Å². The second-order valence-electron chi connectivity index (χ2n) is 12.7. The maximum absolute atomic E-state index is 12.3. The van der Waals surface area contributed by atoms with Gasteiger partial charge < -0.3 is 15.7 Å². The first-order chi connectivity index (χ1) is 22.1. The highest BCUT2D eigenvalue weighted by Gasteiger charge is 2.12. The molecule has 0 aromatic carbocycles. The topological polar surface area (TPSA) is 78.4 Å². The lowest BCUT2D eigenvalue weighted by Gasteiger charge is -2.19. The van der Waals surface area contributed by atoms with E-state index < -0.39 is 5.97 Å². The van der Waals surface area contributed by atoms with Crippen molar-refractivity contribution in [2.24, 2.45) is 0 Å². The van der Waals surface area contributed by atoms with Crippen molar-refractivity contribution in [3.8, 4) is 0 Å². The molecule has 0 aliphatic rings. The highest BCUT2D eigenvalue weighted by atomic mass is 16.4. The van der Waals surface area contributed by atoms with Crippen LogP contribution in [0, 0.1) is 0 Å². The second-order valence-corrected chi connectivity index (χ2v) is 12.7. The molecule has 0 aromatic heterocycles. The maximum atomic E-state index is 12.3. The Hall–Kier alpha value is -2.30. The predicted octanol–water partition coefficient (Wildman–Crippen LogP) is 12.1. The minimum atomic E-state index is -0.890. The van der Waals surface area contributed by atoms with Gasteiger partial charge in [-0.25, -0.2) is 4.79 Å². The number of unbranched alkanes of at least 4 members (excludes halogenated alkanes) is 18. The van der Waals surface area contributed by atoms with Crippen LogP contribution in [0.4, 0.5) is 4.79 Å². The average Bonchev–Trinajstić information content (AvgIpc) is 3.02. The number of aliphatic carboxylic acids is 1. The third-order valence-electron chi connectivity index (χ3n) is 8.24. The minimum absolute atomic E-state index is 0.0460. The van der Waals surface area contributed by atoms with Crippen molar-refractivity contribution in [2.45, 2.75) is 187 Å². The molecule has 5 heteroatoms. The summed E-state index contributed by atoms with van der Waals surface area (Å²) in [7, 11) is 0. The summed E-state index contributed by atoms with van der Waals surface area (Å²) < 4.78 is 0. The zero-order valence-electron chi connectivity index (χ0n) is 29.6. The Balaban J connectivity index is 4.03. The normalized spacial score (nSPS) is 12.7. The first-order valence-electron chi connectivity index (χ1n) is 19.0. The highest BCUT2D eigenvalue weighted by molar-refractivity contribution is 5.75. The molecule has 5 nitrogen and oxygen atoms in total. The van der Waals surface area contributed by atoms with E-state index in [0.29, 0.717) is 0 Å². The van der Waals surface area contributed by atoms with Crippen LogP contribution in [-0.2, 0) is 4.79 Å². The van der Waals surface area contributed by atoms with Crippen LogP contribution in [0.2, 0.25) is 0 Å². The SMILES string of the molecule is CCCCC/C=C\C/C=C\CCCCCCCCC(CCCCCCCC/C=C\C=C\CCCCC)NC(=O)NCCC(=O)O. The number of hydrogen-bond donors (Lipinski definition) is 3. The third-order valence-corrected chi connectivity index (χ3v) is 8.24. The number of allylic oxidation sites excluding steroid dienone is 8. The van der Waals surface area contributed by atoms with Crippen LogP contribution in [0.1, 0.15) is 181 Å². The molecule has 3 N–H and O–H groups in total. The van der Waals surface area contributed by atoms with Gasteiger partial charge in [-0.15, -0.1) is 0 Å². The number of urea groups is 1. The summed E-state index contributed by atoms with van der Waals surface area (Å²) in [5.74, 6) is -0.890. The van der Waals surface area contributed by atoms with E-state index in [1.165, 1.54) is 122 Å². The Morgan fingerprint density at radius 3 is 1.44 bits per heavy atom. The zero-order chi connectivity index (χ0) is 32.9. The van der Waals surface area contributed by atoms with Gasteiger partial charge in [0.25, 0.3) is 0 Å². The number of nitrogens with one attached hydrogen (secondary N) is 2. The number of carboxylic acids is 1. The van der Waals surface area contributed by atoms with Crippen molar-refractivity contribution in [3.05, 3.63) is 48.6 Å². The number of amides is 2. The van der Waals surface area contributed by atoms with E-state index in [1.807, 2.05) is 0 Å². The number of carboxylic acid groups (broad SMARTS) is 1. The molecule has 0 heterocycles. The molecule has 1 unspecified atom stereocenters. The lowest BCUT2D eigenvalue weighted by molar-refractivity contribution is -0.136. The predicted molar refractivity (Wildman–Crippen MR) is 196 cm³/mol. The van der Waals surface area contributed by atoms with Crippen LogP contribution in [0.3, 0.4) is 0 Å². The highest BCUT2D eigenvalue weighted by Crippen LogP contribution is 2.15. The number of rotatable bonds is 33. The standard InChI is InChI=1S/C40H72N2O3/c1-3-5-7-9-11-13-15-17-19-21-23-25-27-29-31-33-35-38(42-40(45)41-37-36-39(43)44)34-32-30-28-26-24-22-20-18-16-14-12-10-8-6-4-2/h11-14,16-19,38H,3-10,15,20-37H2,1-2H3,(H,43,44)(H2,41,42,45)/b13-11-,14-12+,18-16-,19-17-. The lowest BCUT2D eigenvalue weighted by atomic mass is 10.00. The molecule has 0 aliphatic carbocycles. The fraction of sp³-hybridized carbons (Fsp3) is 0.750. The second kappa shape index (κ2) is 36.2. The molecule has 0 fully saturated rings. The molecule has 45 heavy (non-hydrogen) atoms. The van der Waals surface area contributed by atoms with Crippen molar-refractivity contribution >= 4 is 12.0 Å². The van der Waals surface area contributed by atoms with Crippen molar-refractivity contribution in [3.63, 3.8) is 0 Å². The third kappa shape index (κ3) is 36.0. The van der Waals surface area contributed by atoms with Gasteiger partial charge in [-0.1, -0.05) is 152 Å². The van der Waals surface area contributed by atoms with E-state index in [2.05, 4.69) is 73.1 Å². The van der Waals surface area contributed by atoms with Gasteiger partial charge in [0.05, 0.1) is 6.42 Å². The molecular formula is C40H72N2O3. The molecule has 0 radical (unpaired) electrons. The van der Waals surface area contributed by atoms with Crippen LogP contribution >= 0.6 is 0 Å². The molecule has 0 bridgehead atoms. The summed E-state index contributed by atoms with van der Waals surface area (Å²) in [6.45, 7) is 4.66. The quantitative estimate of drug-likeness (QED) is 0.0384. The zero-order valence-corrected chi connectivity index (χ0v) is 29.6. The van der Waals surface area contributed by atoms with Gasteiger partial charge in [-0.05, 0) is 70.6 Å². The van der Waals surface area contributed by atoms with E-state index in [0.717, 1.165) is 38.5 Å². The number of carbonyl (C=O) groups is 2. The molecule has 0 rings (SSSR count). The monoisotopic (exact) mass is 629 g/mol. The van der Waals surface area contributed by atoms with Crippen molar-refractivity contribution in [1.82, 2.24) is 10.6 Å². The Kier molecular flexibility index (Phi) is 34.3. The van der Waals surface area contributed by atoms with E-state index in [4.69, 9.17) is 5.11 Å². The first-order valence-corrected chi connectivity index (χ1v) is 19.0. The summed E-state index contributed by atoms with van der Waals surface area (Å²) >= 11 is 0. The van der Waals surface area contributed by atoms with Crippen LogP contribution in [0.15, 0.2) is 48.6 Å². The van der Waals surface area contributed by atoms with E-state index >= 15 is 0 Å². The van der Waals surface area contributed by atoms with Crippen LogP contribution in [0.25, 0.3) is 0 Å². The van der Waals surface area contributed by atoms with Gasteiger partial charge in [0, 0.05) is 12.6 Å². The molecule has 0 spiro atoms. The number of carbonyl (C=O) groups excluding carboxylic acids is 1. The molecule has 0 aromatic rings. The summed E-state index contributed by atoms with van der Waals surface area (Å²) in [5.41, 5.74) is 0. The average molecular weight is 629 g/mol. The van der Waals surface area contributed by atoms with Gasteiger partial charge in [0.2, 0.25) is 0 Å². The Morgan fingerprint density at radius 1 is 0.556 bits per heavy atom. The van der Waals surface area contributed by atoms with Crippen LogP contribution in [-0.4, -0.2) is 29.7 Å². The molecule has 0 saturated heterocycles. The van der Waals surface area contributed by atoms with Crippen molar-refractivity contribution in [1.29, 1.82) is 0 Å². The maximum Gasteiger partial charge on any atom is 0.315 e. The van der Waals surface area contributed by atoms with Gasteiger partial charge in [-0.2, -0.15) is 0 Å². The van der Waals surface area contributed by atoms with Gasteiger partial charge >= 0.3 is 12.0 Å². The fourth-order valence-corrected chi connectivity index (χ4v) is 5.41. The van der Waals surface area contributed by atoms with Crippen LogP contribution in [0.5, 0.6) is 0 Å². The van der Waals surface area contributed by atoms with Gasteiger partial charge in [0.15, 0.2) is 0 Å². The smallest absolute Gasteiger partial charge is 0.315 e. The van der Waals surface area contributed by atoms with Crippen LogP contribution < -0.4 is 10.6 Å². The van der Waals surface area contributed by atoms with Gasteiger partial charge in [-0.3, -0.25) is 4.79 Å². The largest absolute Gasteiger partial charge is 0.481 e. The molecular weight excluding hydrogens is 556 g/mol. The molecule has 0 saturated carbocycles. The number of hydrogen-bond acceptors (Lipinski definition) is 2. The van der Waals surface area contributed by atoms with Crippen molar-refractivity contribution in [2.75, 3.05) is 6.54 Å².